The first-order valence-electron chi connectivity index (χ1n) is 9.25. The first kappa shape index (κ1) is 20.2. The molecule has 0 spiro atoms. The van der Waals surface area contributed by atoms with Crippen molar-refractivity contribution in [3.8, 4) is 0 Å². The monoisotopic (exact) mass is 362 g/mol. The standard InChI is InChI=1S/C19H30N4O3/c1-14(2)11-16(12-18(24)25)21-19(26)23-9-7-22(8-10-23)13-17-15(3)5-4-6-20-17/h4-6,14,16H,7-13H2,1-3H3,(H,21,26)(H,24,25). The minimum atomic E-state index is -0.883. The second-order valence-electron chi connectivity index (χ2n) is 7.40. The highest BCUT2D eigenvalue weighted by Gasteiger charge is 2.24. The number of pyridine rings is 1. The molecule has 2 amide bonds. The lowest BCUT2D eigenvalue weighted by molar-refractivity contribution is -0.137. The van der Waals surface area contributed by atoms with Crippen molar-refractivity contribution in [1.82, 2.24) is 20.1 Å². The Morgan fingerprint density at radius 1 is 1.27 bits per heavy atom. The van der Waals surface area contributed by atoms with Crippen molar-refractivity contribution in [1.29, 1.82) is 0 Å². The number of aromatic nitrogens is 1. The zero-order chi connectivity index (χ0) is 19.1. The van der Waals surface area contributed by atoms with Gasteiger partial charge in [-0.1, -0.05) is 19.9 Å². The van der Waals surface area contributed by atoms with Crippen LogP contribution in [0.4, 0.5) is 4.79 Å². The van der Waals surface area contributed by atoms with Crippen molar-refractivity contribution in [3.05, 3.63) is 29.6 Å². The Morgan fingerprint density at radius 2 is 1.96 bits per heavy atom. The molecule has 144 valence electrons. The van der Waals surface area contributed by atoms with E-state index in [9.17, 15) is 9.59 Å². The van der Waals surface area contributed by atoms with Crippen LogP contribution < -0.4 is 5.32 Å². The Hall–Kier alpha value is -2.15. The summed E-state index contributed by atoms with van der Waals surface area (Å²) in [6.45, 7) is 9.76. The van der Waals surface area contributed by atoms with Gasteiger partial charge < -0.3 is 15.3 Å². The predicted molar refractivity (Wildman–Crippen MR) is 99.9 cm³/mol. The van der Waals surface area contributed by atoms with Crippen molar-refractivity contribution in [3.63, 3.8) is 0 Å². The highest BCUT2D eigenvalue weighted by atomic mass is 16.4. The van der Waals surface area contributed by atoms with Gasteiger partial charge in [0.15, 0.2) is 0 Å². The minimum absolute atomic E-state index is 0.0389. The summed E-state index contributed by atoms with van der Waals surface area (Å²) in [4.78, 5) is 32.0. The van der Waals surface area contributed by atoms with E-state index in [4.69, 9.17) is 5.11 Å². The maximum Gasteiger partial charge on any atom is 0.317 e. The highest BCUT2D eigenvalue weighted by molar-refractivity contribution is 5.76. The molecule has 26 heavy (non-hydrogen) atoms. The van der Waals surface area contributed by atoms with E-state index in [1.54, 1.807) is 4.90 Å². The van der Waals surface area contributed by atoms with Gasteiger partial charge in [-0.25, -0.2) is 4.79 Å². The molecule has 7 nitrogen and oxygen atoms in total. The number of carbonyl (C=O) groups is 2. The van der Waals surface area contributed by atoms with Crippen LogP contribution in [0.1, 0.15) is 37.9 Å². The van der Waals surface area contributed by atoms with Gasteiger partial charge >= 0.3 is 12.0 Å². The third-order valence-electron chi connectivity index (χ3n) is 4.66. The number of carboxylic acid groups (broad SMARTS) is 1. The number of nitrogens with zero attached hydrogens (tertiary/aromatic N) is 3. The molecule has 0 aliphatic carbocycles. The second kappa shape index (κ2) is 9.52. The van der Waals surface area contributed by atoms with Crippen molar-refractivity contribution in [2.24, 2.45) is 5.92 Å². The van der Waals surface area contributed by atoms with Gasteiger partial charge in [-0.3, -0.25) is 14.7 Å². The molecule has 1 aromatic heterocycles. The summed E-state index contributed by atoms with van der Waals surface area (Å²) in [5.41, 5.74) is 2.25. The van der Waals surface area contributed by atoms with E-state index in [2.05, 4.69) is 28.2 Å². The Balaban J connectivity index is 1.83. The largest absolute Gasteiger partial charge is 0.481 e. The molecule has 0 aromatic carbocycles. The topological polar surface area (TPSA) is 85.8 Å². The fourth-order valence-electron chi connectivity index (χ4n) is 3.24. The number of aryl methyl sites for hydroxylation is 1. The zero-order valence-corrected chi connectivity index (χ0v) is 15.9. The number of aliphatic carboxylic acids is 1. The van der Waals surface area contributed by atoms with Crippen LogP contribution in [0.2, 0.25) is 0 Å². The maximum atomic E-state index is 12.5. The minimum Gasteiger partial charge on any atom is -0.481 e. The number of rotatable bonds is 7. The predicted octanol–water partition coefficient (Wildman–Crippen LogP) is 2.11. The SMILES string of the molecule is Cc1cccnc1CN1CCN(C(=O)NC(CC(=O)O)CC(C)C)CC1. The molecule has 0 saturated carbocycles. The lowest BCUT2D eigenvalue weighted by Gasteiger charge is -2.35. The van der Waals surface area contributed by atoms with E-state index in [1.807, 2.05) is 26.1 Å². The highest BCUT2D eigenvalue weighted by Crippen LogP contribution is 2.12. The maximum absolute atomic E-state index is 12.5. The summed E-state index contributed by atoms with van der Waals surface area (Å²) in [6, 6.07) is 3.51. The van der Waals surface area contributed by atoms with E-state index < -0.39 is 5.97 Å². The quantitative estimate of drug-likeness (QED) is 0.776. The number of carboxylic acids is 1. The molecule has 1 aromatic rings. The van der Waals surface area contributed by atoms with Gasteiger partial charge in [0.2, 0.25) is 0 Å². The van der Waals surface area contributed by atoms with Crippen LogP contribution in [0.5, 0.6) is 0 Å². The zero-order valence-electron chi connectivity index (χ0n) is 15.9. The van der Waals surface area contributed by atoms with Crippen molar-refractivity contribution in [2.75, 3.05) is 26.2 Å². The first-order chi connectivity index (χ1) is 12.3. The number of hydrogen-bond acceptors (Lipinski definition) is 4. The lowest BCUT2D eigenvalue weighted by atomic mass is 10.0. The van der Waals surface area contributed by atoms with E-state index in [0.29, 0.717) is 25.4 Å². The summed E-state index contributed by atoms with van der Waals surface area (Å²) in [5.74, 6) is -0.551. The molecular formula is C19H30N4O3. The van der Waals surface area contributed by atoms with Crippen LogP contribution in [0.15, 0.2) is 18.3 Å². The Morgan fingerprint density at radius 3 is 2.54 bits per heavy atom. The molecule has 7 heteroatoms. The molecule has 0 radical (unpaired) electrons. The van der Waals surface area contributed by atoms with Gasteiger partial charge in [0, 0.05) is 45.0 Å². The smallest absolute Gasteiger partial charge is 0.317 e. The fraction of sp³-hybridized carbons (Fsp3) is 0.632. The summed E-state index contributed by atoms with van der Waals surface area (Å²) >= 11 is 0. The molecule has 1 unspecified atom stereocenters. The summed E-state index contributed by atoms with van der Waals surface area (Å²) in [7, 11) is 0. The number of nitrogens with one attached hydrogen (secondary N) is 1. The summed E-state index contributed by atoms with van der Waals surface area (Å²) in [6.07, 6.45) is 2.43. The van der Waals surface area contributed by atoms with Gasteiger partial charge in [0.1, 0.15) is 0 Å². The van der Waals surface area contributed by atoms with Crippen LogP contribution in [0, 0.1) is 12.8 Å². The van der Waals surface area contributed by atoms with Gasteiger partial charge in [-0.15, -0.1) is 0 Å². The number of carbonyl (C=O) groups excluding carboxylic acids is 1. The third kappa shape index (κ3) is 6.29. The summed E-state index contributed by atoms with van der Waals surface area (Å²) < 4.78 is 0. The van der Waals surface area contributed by atoms with Gasteiger partial charge in [0.05, 0.1) is 12.1 Å². The Bertz CT molecular complexity index is 613. The average molecular weight is 362 g/mol. The molecule has 1 fully saturated rings. The molecule has 1 aliphatic rings. The Kier molecular flexibility index (Phi) is 7.38. The van der Waals surface area contributed by atoms with Gasteiger partial charge in [0.25, 0.3) is 0 Å². The number of piperazine rings is 1. The van der Waals surface area contributed by atoms with Crippen LogP contribution in [0.3, 0.4) is 0 Å². The van der Waals surface area contributed by atoms with Gasteiger partial charge in [-0.2, -0.15) is 0 Å². The number of urea groups is 1. The normalized spacial score (nSPS) is 16.5. The average Bonchev–Trinajstić information content (AvgIpc) is 2.56. The molecule has 1 atom stereocenters. The molecule has 2 rings (SSSR count). The van der Waals surface area contributed by atoms with Crippen molar-refractivity contribution >= 4 is 12.0 Å². The molecule has 0 bridgehead atoms. The van der Waals surface area contributed by atoms with E-state index >= 15 is 0 Å². The van der Waals surface area contributed by atoms with Crippen molar-refractivity contribution in [2.45, 2.75) is 46.2 Å². The third-order valence-corrected chi connectivity index (χ3v) is 4.66. The van der Waals surface area contributed by atoms with Crippen LogP contribution >= 0.6 is 0 Å². The molecule has 1 saturated heterocycles. The molecule has 2 N–H and O–H groups in total. The number of amides is 2. The Labute approximate surface area is 155 Å². The molecule has 2 heterocycles. The van der Waals surface area contributed by atoms with Crippen LogP contribution in [-0.4, -0.2) is 64.1 Å². The van der Waals surface area contributed by atoms with Crippen LogP contribution in [-0.2, 0) is 11.3 Å². The fourth-order valence-corrected chi connectivity index (χ4v) is 3.24. The second-order valence-corrected chi connectivity index (χ2v) is 7.40. The van der Waals surface area contributed by atoms with E-state index in [0.717, 1.165) is 25.3 Å². The summed E-state index contributed by atoms with van der Waals surface area (Å²) in [5, 5.41) is 11.9. The molecular weight excluding hydrogens is 332 g/mol. The van der Waals surface area contributed by atoms with E-state index in [1.165, 1.54) is 5.56 Å². The first-order valence-corrected chi connectivity index (χ1v) is 9.25. The van der Waals surface area contributed by atoms with Crippen molar-refractivity contribution < 1.29 is 14.7 Å². The lowest BCUT2D eigenvalue weighted by Crippen LogP contribution is -2.53. The number of hydrogen-bond donors (Lipinski definition) is 2. The van der Waals surface area contributed by atoms with Crippen LogP contribution in [0.25, 0.3) is 0 Å². The molecule has 1 aliphatic heterocycles. The van der Waals surface area contributed by atoms with E-state index in [-0.39, 0.29) is 18.5 Å². The van der Waals surface area contributed by atoms with Gasteiger partial charge in [-0.05, 0) is 30.9 Å².